The van der Waals surface area contributed by atoms with Gasteiger partial charge in [0.2, 0.25) is 0 Å². The zero-order chi connectivity index (χ0) is 12.1. The molecule has 0 unspecified atom stereocenters. The molecule has 1 aromatic carbocycles. The van der Waals surface area contributed by atoms with Gasteiger partial charge in [0.1, 0.15) is 5.75 Å². The third-order valence-corrected chi connectivity index (χ3v) is 2.78. The molecule has 1 aromatic rings. The van der Waals surface area contributed by atoms with Crippen molar-refractivity contribution in [2.45, 2.75) is 26.2 Å². The molecule has 0 aromatic heterocycles. The number of benzene rings is 1. The van der Waals surface area contributed by atoms with Crippen molar-refractivity contribution >= 4 is 5.91 Å². The smallest absolute Gasteiger partial charge is 0.265 e. The van der Waals surface area contributed by atoms with Crippen LogP contribution in [0.25, 0.3) is 0 Å². The summed E-state index contributed by atoms with van der Waals surface area (Å²) in [5, 5.41) is 0. The molecule has 17 heavy (non-hydrogen) atoms. The second-order valence-corrected chi connectivity index (χ2v) is 4.12. The first-order valence-electron chi connectivity index (χ1n) is 6.11. The molecule has 1 aliphatic heterocycles. The summed E-state index contributed by atoms with van der Waals surface area (Å²) in [6, 6.07) is 5.63. The van der Waals surface area contributed by atoms with E-state index >= 15 is 0 Å². The average Bonchev–Trinajstić information content (AvgIpc) is 2.38. The van der Waals surface area contributed by atoms with Crippen molar-refractivity contribution in [1.29, 1.82) is 0 Å². The first-order chi connectivity index (χ1) is 8.33. The van der Waals surface area contributed by atoms with Crippen molar-refractivity contribution in [3.05, 3.63) is 29.3 Å². The molecule has 2 N–H and O–H groups in total. The lowest BCUT2D eigenvalue weighted by Gasteiger charge is -2.19. The van der Waals surface area contributed by atoms with Crippen molar-refractivity contribution in [3.63, 3.8) is 0 Å². The maximum Gasteiger partial charge on any atom is 0.265 e. The monoisotopic (exact) mass is 234 g/mol. The van der Waals surface area contributed by atoms with Crippen LogP contribution in [-0.4, -0.2) is 19.1 Å². The summed E-state index contributed by atoms with van der Waals surface area (Å²) in [5.74, 6) is 0.764. The number of hydrazine groups is 1. The van der Waals surface area contributed by atoms with Gasteiger partial charge >= 0.3 is 0 Å². The molecule has 2 rings (SSSR count). The summed E-state index contributed by atoms with van der Waals surface area (Å²) in [6.45, 7) is 3.57. The topological polar surface area (TPSA) is 50.4 Å². The van der Waals surface area contributed by atoms with Crippen LogP contribution in [0.1, 0.15) is 35.7 Å². The Hall–Kier alpha value is -1.55. The highest BCUT2D eigenvalue weighted by Gasteiger charge is 2.18. The van der Waals surface area contributed by atoms with E-state index in [0.717, 1.165) is 43.7 Å². The molecular weight excluding hydrogens is 216 g/mol. The minimum absolute atomic E-state index is 0.0826. The van der Waals surface area contributed by atoms with Crippen molar-refractivity contribution in [1.82, 2.24) is 10.9 Å². The van der Waals surface area contributed by atoms with Crippen LogP contribution < -0.4 is 15.6 Å². The van der Waals surface area contributed by atoms with Gasteiger partial charge in [0.15, 0.2) is 0 Å². The maximum atomic E-state index is 12.0. The summed E-state index contributed by atoms with van der Waals surface area (Å²) < 4.78 is 5.54. The summed E-state index contributed by atoms with van der Waals surface area (Å²) in [6.07, 6.45) is 2.86. The highest BCUT2D eigenvalue weighted by molar-refractivity contribution is 5.96. The number of hydrogen-bond donors (Lipinski definition) is 2. The number of carbonyl (C=O) groups excluding carboxylic acids is 1. The van der Waals surface area contributed by atoms with E-state index in [-0.39, 0.29) is 5.91 Å². The summed E-state index contributed by atoms with van der Waals surface area (Å²) >= 11 is 0. The van der Waals surface area contributed by atoms with Crippen LogP contribution in [0.3, 0.4) is 0 Å². The Morgan fingerprint density at radius 1 is 1.47 bits per heavy atom. The van der Waals surface area contributed by atoms with Crippen LogP contribution in [0.4, 0.5) is 0 Å². The molecule has 0 saturated heterocycles. The first-order valence-corrected chi connectivity index (χ1v) is 6.11. The van der Waals surface area contributed by atoms with Gasteiger partial charge in [-0.2, -0.15) is 0 Å². The molecule has 0 saturated carbocycles. The largest absolute Gasteiger partial charge is 0.493 e. The molecule has 4 nitrogen and oxygen atoms in total. The third kappa shape index (κ3) is 2.77. The maximum absolute atomic E-state index is 12.0. The molecule has 92 valence electrons. The normalized spacial score (nSPS) is 13.7. The summed E-state index contributed by atoms with van der Waals surface area (Å²) in [4.78, 5) is 12.0. The molecule has 0 fully saturated rings. The van der Waals surface area contributed by atoms with Gasteiger partial charge in [-0.25, -0.2) is 5.43 Å². The van der Waals surface area contributed by atoms with E-state index in [0.29, 0.717) is 5.56 Å². The Balaban J connectivity index is 2.12. The number of carbonyl (C=O) groups is 1. The first kappa shape index (κ1) is 11.9. The number of amides is 1. The Morgan fingerprint density at radius 3 is 3.18 bits per heavy atom. The molecule has 0 aliphatic carbocycles. The van der Waals surface area contributed by atoms with E-state index in [1.54, 1.807) is 0 Å². The lowest BCUT2D eigenvalue weighted by molar-refractivity contribution is 0.0931. The van der Waals surface area contributed by atoms with Gasteiger partial charge in [0.25, 0.3) is 5.91 Å². The van der Waals surface area contributed by atoms with Crippen molar-refractivity contribution in [2.24, 2.45) is 0 Å². The fourth-order valence-corrected chi connectivity index (χ4v) is 1.94. The van der Waals surface area contributed by atoms with Gasteiger partial charge in [-0.05, 0) is 31.4 Å². The van der Waals surface area contributed by atoms with Gasteiger partial charge < -0.3 is 4.74 Å². The lowest BCUT2D eigenvalue weighted by Crippen LogP contribution is -2.38. The van der Waals surface area contributed by atoms with E-state index in [9.17, 15) is 4.79 Å². The Kier molecular flexibility index (Phi) is 3.98. The Morgan fingerprint density at radius 2 is 2.35 bits per heavy atom. The van der Waals surface area contributed by atoms with Gasteiger partial charge in [-0.1, -0.05) is 13.0 Å². The molecule has 1 heterocycles. The molecular formula is C13H18N2O2. The third-order valence-electron chi connectivity index (χ3n) is 2.78. The van der Waals surface area contributed by atoms with E-state index in [1.165, 1.54) is 0 Å². The van der Waals surface area contributed by atoms with E-state index < -0.39 is 0 Å². The van der Waals surface area contributed by atoms with E-state index in [1.807, 2.05) is 18.2 Å². The minimum Gasteiger partial charge on any atom is -0.493 e. The fraction of sp³-hybridized carbons (Fsp3) is 0.462. The molecule has 0 spiro atoms. The minimum atomic E-state index is -0.0826. The van der Waals surface area contributed by atoms with Crippen molar-refractivity contribution < 1.29 is 9.53 Å². The molecule has 1 amide bonds. The van der Waals surface area contributed by atoms with Crippen LogP contribution in [0.15, 0.2) is 18.2 Å². The highest BCUT2D eigenvalue weighted by atomic mass is 16.5. The Bertz CT molecular complexity index is 404. The number of ether oxygens (including phenoxy) is 1. The predicted octanol–water partition coefficient (Wildman–Crippen LogP) is 1.66. The van der Waals surface area contributed by atoms with Crippen LogP contribution in [0.2, 0.25) is 0 Å². The van der Waals surface area contributed by atoms with Crippen molar-refractivity contribution in [3.8, 4) is 5.75 Å². The molecule has 0 atom stereocenters. The number of hydrogen-bond acceptors (Lipinski definition) is 3. The summed E-state index contributed by atoms with van der Waals surface area (Å²) in [5.41, 5.74) is 7.34. The zero-order valence-electron chi connectivity index (χ0n) is 10.1. The van der Waals surface area contributed by atoms with Gasteiger partial charge in [0.05, 0.1) is 6.61 Å². The van der Waals surface area contributed by atoms with Crippen LogP contribution >= 0.6 is 0 Å². The standard InChI is InChI=1S/C13H18N2O2/c1-2-8-14-15-13(16)11-5-3-7-12-10(11)6-4-9-17-12/h3,5,7,14H,2,4,6,8-9H2,1H3,(H,15,16). The molecule has 0 bridgehead atoms. The van der Waals surface area contributed by atoms with E-state index in [4.69, 9.17) is 4.74 Å². The number of rotatable bonds is 4. The van der Waals surface area contributed by atoms with Crippen LogP contribution in [0, 0.1) is 0 Å². The van der Waals surface area contributed by atoms with Crippen molar-refractivity contribution in [2.75, 3.05) is 13.2 Å². The molecule has 4 heteroatoms. The molecule has 1 aliphatic rings. The van der Waals surface area contributed by atoms with Crippen LogP contribution in [0.5, 0.6) is 5.75 Å². The number of nitrogens with one attached hydrogen (secondary N) is 2. The SMILES string of the molecule is CCCNNC(=O)c1cccc2c1CCCO2. The highest BCUT2D eigenvalue weighted by Crippen LogP contribution is 2.27. The molecule has 0 radical (unpaired) electrons. The quantitative estimate of drug-likeness (QED) is 0.615. The number of fused-ring (bicyclic) bond motifs is 1. The van der Waals surface area contributed by atoms with Crippen LogP contribution in [-0.2, 0) is 6.42 Å². The van der Waals surface area contributed by atoms with Gasteiger partial charge in [-0.15, -0.1) is 0 Å². The van der Waals surface area contributed by atoms with Gasteiger partial charge in [0, 0.05) is 17.7 Å². The second-order valence-electron chi connectivity index (χ2n) is 4.12. The zero-order valence-corrected chi connectivity index (χ0v) is 10.1. The average molecular weight is 234 g/mol. The van der Waals surface area contributed by atoms with Gasteiger partial charge in [-0.3, -0.25) is 10.2 Å². The second kappa shape index (κ2) is 5.68. The summed E-state index contributed by atoms with van der Waals surface area (Å²) in [7, 11) is 0. The lowest BCUT2D eigenvalue weighted by atomic mass is 9.99. The van der Waals surface area contributed by atoms with E-state index in [2.05, 4.69) is 17.8 Å². The Labute approximate surface area is 101 Å². The fourth-order valence-electron chi connectivity index (χ4n) is 1.94. The predicted molar refractivity (Wildman–Crippen MR) is 66.0 cm³/mol.